The standard InChI is InChI=1S/C13H24N2O2/c14-10-13(5-2-6-13)12(17)15-7-1-3-11(9-15)4-8-16/h11,16H,1-10,14H2. The van der Waals surface area contributed by atoms with E-state index in [0.29, 0.717) is 12.5 Å². The van der Waals surface area contributed by atoms with Crippen LogP contribution in [0.4, 0.5) is 0 Å². The third-order valence-electron chi connectivity index (χ3n) is 4.50. The van der Waals surface area contributed by atoms with Gasteiger partial charge in [-0.1, -0.05) is 6.42 Å². The van der Waals surface area contributed by atoms with Crippen molar-refractivity contribution >= 4 is 5.91 Å². The summed E-state index contributed by atoms with van der Waals surface area (Å²) in [6.07, 6.45) is 6.08. The lowest BCUT2D eigenvalue weighted by Gasteiger charge is -2.45. The molecule has 1 heterocycles. The fourth-order valence-electron chi connectivity index (χ4n) is 3.11. The smallest absolute Gasteiger partial charge is 0.230 e. The van der Waals surface area contributed by atoms with E-state index in [2.05, 4.69) is 0 Å². The number of aliphatic hydroxyl groups is 1. The van der Waals surface area contributed by atoms with Crippen LogP contribution in [0.3, 0.4) is 0 Å². The molecule has 2 fully saturated rings. The van der Waals surface area contributed by atoms with E-state index in [1.807, 2.05) is 4.90 Å². The van der Waals surface area contributed by atoms with Gasteiger partial charge in [-0.3, -0.25) is 4.79 Å². The van der Waals surface area contributed by atoms with Crippen LogP contribution in [0.25, 0.3) is 0 Å². The minimum atomic E-state index is -0.235. The van der Waals surface area contributed by atoms with E-state index in [1.165, 1.54) is 0 Å². The summed E-state index contributed by atoms with van der Waals surface area (Å²) >= 11 is 0. The molecule has 1 atom stereocenters. The second kappa shape index (κ2) is 5.36. The lowest BCUT2D eigenvalue weighted by Crippen LogP contribution is -2.54. The van der Waals surface area contributed by atoms with Crippen molar-refractivity contribution in [1.29, 1.82) is 0 Å². The van der Waals surface area contributed by atoms with Gasteiger partial charge in [0.25, 0.3) is 0 Å². The highest BCUT2D eigenvalue weighted by molar-refractivity contribution is 5.84. The highest BCUT2D eigenvalue weighted by Gasteiger charge is 2.45. The average molecular weight is 240 g/mol. The Kier molecular flexibility index (Phi) is 4.05. The number of nitrogens with zero attached hydrogens (tertiary/aromatic N) is 1. The maximum absolute atomic E-state index is 12.5. The van der Waals surface area contributed by atoms with Gasteiger partial charge in [-0.2, -0.15) is 0 Å². The minimum Gasteiger partial charge on any atom is -0.396 e. The number of hydrogen-bond acceptors (Lipinski definition) is 3. The molecule has 1 aliphatic carbocycles. The van der Waals surface area contributed by atoms with Gasteiger partial charge in [0.2, 0.25) is 5.91 Å². The zero-order chi connectivity index (χ0) is 12.3. The Balaban J connectivity index is 1.94. The third kappa shape index (κ3) is 2.47. The molecule has 3 N–H and O–H groups in total. The summed E-state index contributed by atoms with van der Waals surface area (Å²) in [6, 6.07) is 0. The van der Waals surface area contributed by atoms with E-state index in [1.54, 1.807) is 0 Å². The summed E-state index contributed by atoms with van der Waals surface area (Å²) in [5.74, 6) is 0.751. The Bertz CT molecular complexity index is 269. The van der Waals surface area contributed by atoms with Gasteiger partial charge < -0.3 is 15.7 Å². The topological polar surface area (TPSA) is 66.6 Å². The normalized spacial score (nSPS) is 27.6. The molecule has 0 aromatic carbocycles. The minimum absolute atomic E-state index is 0.231. The highest BCUT2D eigenvalue weighted by Crippen LogP contribution is 2.42. The Morgan fingerprint density at radius 1 is 1.41 bits per heavy atom. The number of carbonyl (C=O) groups is 1. The molecule has 4 heteroatoms. The van der Waals surface area contributed by atoms with Gasteiger partial charge >= 0.3 is 0 Å². The van der Waals surface area contributed by atoms with Gasteiger partial charge in [-0.25, -0.2) is 0 Å². The average Bonchev–Trinajstić information content (AvgIpc) is 2.29. The van der Waals surface area contributed by atoms with Gasteiger partial charge in [-0.15, -0.1) is 0 Å². The summed E-state index contributed by atoms with van der Waals surface area (Å²) in [5, 5.41) is 8.98. The number of hydrogen-bond donors (Lipinski definition) is 2. The summed E-state index contributed by atoms with van der Waals surface area (Å²) in [4.78, 5) is 14.5. The molecule has 2 aliphatic rings. The SMILES string of the molecule is NCC1(C(=O)N2CCCC(CCO)C2)CCC1. The second-order valence-corrected chi connectivity index (χ2v) is 5.61. The molecule has 17 heavy (non-hydrogen) atoms. The largest absolute Gasteiger partial charge is 0.396 e. The lowest BCUT2D eigenvalue weighted by molar-refractivity contribution is -0.148. The molecule has 1 unspecified atom stereocenters. The van der Waals surface area contributed by atoms with Crippen LogP contribution in [0.15, 0.2) is 0 Å². The maximum atomic E-state index is 12.5. The van der Waals surface area contributed by atoms with E-state index in [0.717, 1.165) is 51.6 Å². The number of piperidine rings is 1. The van der Waals surface area contributed by atoms with E-state index in [4.69, 9.17) is 10.8 Å². The predicted molar refractivity (Wildman–Crippen MR) is 66.3 cm³/mol. The van der Waals surface area contributed by atoms with Crippen molar-refractivity contribution in [3.8, 4) is 0 Å². The predicted octanol–water partition coefficient (Wildman–Crippen LogP) is 0.736. The molecule has 0 radical (unpaired) electrons. The maximum Gasteiger partial charge on any atom is 0.230 e. The molecule has 0 spiro atoms. The van der Waals surface area contributed by atoms with Gasteiger partial charge in [0.05, 0.1) is 5.41 Å². The second-order valence-electron chi connectivity index (χ2n) is 5.61. The number of aliphatic hydroxyl groups excluding tert-OH is 1. The Labute approximate surface area is 103 Å². The number of rotatable bonds is 4. The molecule has 4 nitrogen and oxygen atoms in total. The number of likely N-dealkylation sites (tertiary alicyclic amines) is 1. The fourth-order valence-corrected chi connectivity index (χ4v) is 3.11. The Morgan fingerprint density at radius 2 is 2.18 bits per heavy atom. The zero-order valence-electron chi connectivity index (χ0n) is 10.5. The van der Waals surface area contributed by atoms with Gasteiger partial charge in [-0.05, 0) is 38.0 Å². The van der Waals surface area contributed by atoms with Crippen LogP contribution < -0.4 is 5.73 Å². The molecule has 98 valence electrons. The van der Waals surface area contributed by atoms with Gasteiger partial charge in [0.15, 0.2) is 0 Å². The monoisotopic (exact) mass is 240 g/mol. The number of amides is 1. The van der Waals surface area contributed by atoms with Crippen LogP contribution in [0.2, 0.25) is 0 Å². The first kappa shape index (κ1) is 12.8. The Morgan fingerprint density at radius 3 is 2.71 bits per heavy atom. The Hall–Kier alpha value is -0.610. The van der Waals surface area contributed by atoms with Crippen molar-refractivity contribution in [2.24, 2.45) is 17.1 Å². The molecule has 0 aromatic heterocycles. The molecule has 0 bridgehead atoms. The fraction of sp³-hybridized carbons (Fsp3) is 0.923. The summed E-state index contributed by atoms with van der Waals surface area (Å²) < 4.78 is 0. The summed E-state index contributed by atoms with van der Waals surface area (Å²) in [7, 11) is 0. The van der Waals surface area contributed by atoms with Crippen LogP contribution in [-0.2, 0) is 4.79 Å². The summed E-state index contributed by atoms with van der Waals surface area (Å²) in [6.45, 7) is 2.42. The van der Waals surface area contributed by atoms with Crippen LogP contribution in [0.1, 0.15) is 38.5 Å². The molecular weight excluding hydrogens is 216 g/mol. The molecule has 1 amide bonds. The van der Waals surface area contributed by atoms with Crippen LogP contribution >= 0.6 is 0 Å². The molecule has 2 rings (SSSR count). The highest BCUT2D eigenvalue weighted by atomic mass is 16.3. The van der Waals surface area contributed by atoms with E-state index in [-0.39, 0.29) is 17.9 Å². The van der Waals surface area contributed by atoms with Gasteiger partial charge in [0, 0.05) is 26.2 Å². The first-order chi connectivity index (χ1) is 8.22. The lowest BCUT2D eigenvalue weighted by atomic mass is 9.67. The zero-order valence-corrected chi connectivity index (χ0v) is 10.5. The van der Waals surface area contributed by atoms with Crippen LogP contribution in [0.5, 0.6) is 0 Å². The van der Waals surface area contributed by atoms with E-state index in [9.17, 15) is 4.79 Å². The first-order valence-corrected chi connectivity index (χ1v) is 6.82. The van der Waals surface area contributed by atoms with Crippen molar-refractivity contribution in [1.82, 2.24) is 4.90 Å². The van der Waals surface area contributed by atoms with Crippen molar-refractivity contribution in [2.45, 2.75) is 38.5 Å². The van der Waals surface area contributed by atoms with Crippen molar-refractivity contribution in [2.75, 3.05) is 26.2 Å². The van der Waals surface area contributed by atoms with Crippen molar-refractivity contribution in [3.63, 3.8) is 0 Å². The molecule has 1 saturated carbocycles. The van der Waals surface area contributed by atoms with E-state index < -0.39 is 0 Å². The summed E-state index contributed by atoms with van der Waals surface area (Å²) in [5.41, 5.74) is 5.55. The molecule has 1 saturated heterocycles. The quantitative estimate of drug-likeness (QED) is 0.761. The molecule has 1 aliphatic heterocycles. The molecule has 0 aromatic rings. The first-order valence-electron chi connectivity index (χ1n) is 6.82. The number of carbonyl (C=O) groups excluding carboxylic acids is 1. The van der Waals surface area contributed by atoms with E-state index >= 15 is 0 Å². The van der Waals surface area contributed by atoms with Gasteiger partial charge in [0.1, 0.15) is 0 Å². The van der Waals surface area contributed by atoms with Crippen molar-refractivity contribution in [3.05, 3.63) is 0 Å². The molecular formula is C13H24N2O2. The van der Waals surface area contributed by atoms with Crippen LogP contribution in [0, 0.1) is 11.3 Å². The van der Waals surface area contributed by atoms with Crippen LogP contribution in [-0.4, -0.2) is 42.2 Å². The third-order valence-corrected chi connectivity index (χ3v) is 4.50. The number of nitrogens with two attached hydrogens (primary N) is 1. The van der Waals surface area contributed by atoms with Crippen molar-refractivity contribution < 1.29 is 9.90 Å².